The van der Waals surface area contributed by atoms with E-state index < -0.39 is 5.97 Å². The van der Waals surface area contributed by atoms with Gasteiger partial charge in [0.15, 0.2) is 5.78 Å². The van der Waals surface area contributed by atoms with E-state index in [0.29, 0.717) is 34.7 Å². The minimum absolute atomic E-state index is 0.00583. The van der Waals surface area contributed by atoms with Crippen LogP contribution in [0.5, 0.6) is 5.75 Å². The van der Waals surface area contributed by atoms with Gasteiger partial charge in [0, 0.05) is 11.1 Å². The van der Waals surface area contributed by atoms with Gasteiger partial charge in [0.2, 0.25) is 0 Å². The van der Waals surface area contributed by atoms with Crippen molar-refractivity contribution in [3.05, 3.63) is 82.2 Å². The van der Waals surface area contributed by atoms with Crippen LogP contribution in [0.3, 0.4) is 0 Å². The lowest BCUT2D eigenvalue weighted by molar-refractivity contribution is 0.0468. The van der Waals surface area contributed by atoms with E-state index in [1.807, 2.05) is 37.3 Å². The Hall–Kier alpha value is -3.41. The Labute approximate surface area is 170 Å². The molecule has 0 atom stereocenters. The topological polar surface area (TPSA) is 70.4 Å². The zero-order valence-electron chi connectivity index (χ0n) is 17.1. The third-order valence-electron chi connectivity index (χ3n) is 4.81. The summed E-state index contributed by atoms with van der Waals surface area (Å²) in [6, 6.07) is 15.0. The first-order valence-corrected chi connectivity index (χ1v) is 9.33. The van der Waals surface area contributed by atoms with Crippen LogP contribution < -0.4 is 4.74 Å². The number of carbonyl (C=O) groups is 2. The van der Waals surface area contributed by atoms with Crippen molar-refractivity contribution >= 4 is 11.8 Å². The molecule has 0 aliphatic heterocycles. The molecule has 29 heavy (non-hydrogen) atoms. The molecule has 3 aromatic rings. The van der Waals surface area contributed by atoms with Crippen molar-refractivity contribution in [2.75, 3.05) is 7.11 Å². The van der Waals surface area contributed by atoms with Crippen LogP contribution in [0.2, 0.25) is 0 Å². The van der Waals surface area contributed by atoms with Gasteiger partial charge >= 0.3 is 5.97 Å². The lowest BCUT2D eigenvalue weighted by Crippen LogP contribution is -2.10. The fourth-order valence-corrected chi connectivity index (χ4v) is 3.23. The molecule has 2 aromatic carbocycles. The molecule has 0 bridgehead atoms. The van der Waals surface area contributed by atoms with Crippen molar-refractivity contribution in [3.8, 4) is 5.75 Å². The van der Waals surface area contributed by atoms with Gasteiger partial charge in [-0.3, -0.25) is 9.48 Å². The number of rotatable bonds is 7. The number of benzene rings is 2. The molecule has 0 spiro atoms. The monoisotopic (exact) mass is 392 g/mol. The van der Waals surface area contributed by atoms with E-state index in [9.17, 15) is 9.59 Å². The van der Waals surface area contributed by atoms with Crippen LogP contribution in [-0.4, -0.2) is 28.6 Å². The van der Waals surface area contributed by atoms with Crippen molar-refractivity contribution in [3.63, 3.8) is 0 Å². The standard InChI is InChI=1S/C23H24N2O4/c1-15-22(16(2)25(24-15)13-18-8-6-5-7-9-18)23(27)29-14-20-12-19(17(3)26)10-11-21(20)28-4/h5-12H,13-14H2,1-4H3. The number of methoxy groups -OCH3 is 1. The quantitative estimate of drug-likeness (QED) is 0.447. The normalized spacial score (nSPS) is 10.6. The highest BCUT2D eigenvalue weighted by molar-refractivity contribution is 5.94. The van der Waals surface area contributed by atoms with E-state index in [0.717, 1.165) is 11.3 Å². The number of carbonyl (C=O) groups excluding carboxylic acids is 2. The molecule has 0 radical (unpaired) electrons. The van der Waals surface area contributed by atoms with Crippen LogP contribution in [0.15, 0.2) is 48.5 Å². The van der Waals surface area contributed by atoms with Crippen molar-refractivity contribution in [1.82, 2.24) is 9.78 Å². The van der Waals surface area contributed by atoms with Gasteiger partial charge in [0.1, 0.15) is 17.9 Å². The summed E-state index contributed by atoms with van der Waals surface area (Å²) in [5.74, 6) is 0.0553. The summed E-state index contributed by atoms with van der Waals surface area (Å²) in [5.41, 5.74) is 4.11. The molecule has 0 amide bonds. The predicted octanol–water partition coefficient (Wildman–Crippen LogP) is 4.12. The lowest BCUT2D eigenvalue weighted by Gasteiger charge is -2.11. The molecule has 6 heteroatoms. The van der Waals surface area contributed by atoms with Crippen LogP contribution in [0.25, 0.3) is 0 Å². The van der Waals surface area contributed by atoms with Gasteiger partial charge < -0.3 is 9.47 Å². The van der Waals surface area contributed by atoms with Gasteiger partial charge in [0.25, 0.3) is 0 Å². The second-order valence-corrected chi connectivity index (χ2v) is 6.85. The fraction of sp³-hybridized carbons (Fsp3) is 0.261. The molecular weight excluding hydrogens is 368 g/mol. The van der Waals surface area contributed by atoms with E-state index in [1.165, 1.54) is 14.0 Å². The zero-order chi connectivity index (χ0) is 21.0. The van der Waals surface area contributed by atoms with Crippen molar-refractivity contribution in [2.45, 2.75) is 33.9 Å². The van der Waals surface area contributed by atoms with Crippen LogP contribution in [0.4, 0.5) is 0 Å². The molecule has 150 valence electrons. The number of nitrogens with zero attached hydrogens (tertiary/aromatic N) is 2. The minimum Gasteiger partial charge on any atom is -0.496 e. The number of aromatic nitrogens is 2. The minimum atomic E-state index is -0.449. The Bertz CT molecular complexity index is 1040. The molecule has 1 heterocycles. The molecule has 0 aliphatic carbocycles. The zero-order valence-corrected chi connectivity index (χ0v) is 17.1. The van der Waals surface area contributed by atoms with E-state index >= 15 is 0 Å². The fourth-order valence-electron chi connectivity index (χ4n) is 3.23. The number of ether oxygens (including phenoxy) is 2. The predicted molar refractivity (Wildman–Crippen MR) is 109 cm³/mol. The van der Waals surface area contributed by atoms with Crippen molar-refractivity contribution in [2.24, 2.45) is 0 Å². The first-order valence-electron chi connectivity index (χ1n) is 9.33. The third kappa shape index (κ3) is 4.54. The highest BCUT2D eigenvalue weighted by atomic mass is 16.5. The Kier molecular flexibility index (Phi) is 6.12. The molecule has 6 nitrogen and oxygen atoms in total. The Balaban J connectivity index is 1.78. The Morgan fingerprint density at radius 3 is 2.45 bits per heavy atom. The van der Waals surface area contributed by atoms with Crippen molar-refractivity contribution in [1.29, 1.82) is 0 Å². The SMILES string of the molecule is COc1ccc(C(C)=O)cc1COC(=O)c1c(C)nn(Cc2ccccc2)c1C. The largest absolute Gasteiger partial charge is 0.496 e. The van der Waals surface area contributed by atoms with Crippen LogP contribution in [0, 0.1) is 13.8 Å². The van der Waals surface area contributed by atoms with Crippen LogP contribution in [-0.2, 0) is 17.9 Å². The summed E-state index contributed by atoms with van der Waals surface area (Å²) in [6.45, 7) is 5.73. The number of esters is 1. The van der Waals surface area contributed by atoms with E-state index in [4.69, 9.17) is 9.47 Å². The third-order valence-corrected chi connectivity index (χ3v) is 4.81. The summed E-state index contributed by atoms with van der Waals surface area (Å²) in [4.78, 5) is 24.4. The number of Topliss-reactive ketones (excluding diaryl/α,β-unsaturated/α-hetero) is 1. The molecule has 1 aromatic heterocycles. The maximum Gasteiger partial charge on any atom is 0.342 e. The molecule has 0 fully saturated rings. The molecule has 3 rings (SSSR count). The number of hydrogen-bond donors (Lipinski definition) is 0. The average molecular weight is 392 g/mol. The molecule has 0 N–H and O–H groups in total. The maximum atomic E-state index is 12.8. The van der Waals surface area contributed by atoms with Gasteiger partial charge in [-0.1, -0.05) is 30.3 Å². The van der Waals surface area contributed by atoms with Gasteiger partial charge in [-0.2, -0.15) is 5.10 Å². The highest BCUT2D eigenvalue weighted by Gasteiger charge is 2.21. The molecule has 0 saturated carbocycles. The molecule has 0 saturated heterocycles. The second kappa shape index (κ2) is 8.73. The van der Waals surface area contributed by atoms with Crippen LogP contribution in [0.1, 0.15) is 50.2 Å². The van der Waals surface area contributed by atoms with E-state index in [1.54, 1.807) is 29.8 Å². The van der Waals surface area contributed by atoms with E-state index in [2.05, 4.69) is 5.10 Å². The first-order chi connectivity index (χ1) is 13.9. The second-order valence-electron chi connectivity index (χ2n) is 6.85. The Morgan fingerprint density at radius 2 is 1.79 bits per heavy atom. The lowest BCUT2D eigenvalue weighted by atomic mass is 10.1. The van der Waals surface area contributed by atoms with Gasteiger partial charge in [-0.05, 0) is 44.5 Å². The number of aryl methyl sites for hydroxylation is 1. The summed E-state index contributed by atoms with van der Waals surface area (Å²) < 4.78 is 12.7. The highest BCUT2D eigenvalue weighted by Crippen LogP contribution is 2.23. The van der Waals surface area contributed by atoms with Crippen molar-refractivity contribution < 1.29 is 19.1 Å². The number of ketones is 1. The maximum absolute atomic E-state index is 12.8. The van der Waals surface area contributed by atoms with Gasteiger partial charge in [-0.25, -0.2) is 4.79 Å². The summed E-state index contributed by atoms with van der Waals surface area (Å²) >= 11 is 0. The first kappa shape index (κ1) is 20.3. The van der Waals surface area contributed by atoms with Crippen LogP contribution >= 0.6 is 0 Å². The van der Waals surface area contributed by atoms with E-state index in [-0.39, 0.29) is 12.4 Å². The summed E-state index contributed by atoms with van der Waals surface area (Å²) in [6.07, 6.45) is 0. The van der Waals surface area contributed by atoms with Gasteiger partial charge in [-0.15, -0.1) is 0 Å². The Morgan fingerprint density at radius 1 is 1.07 bits per heavy atom. The number of hydrogen-bond acceptors (Lipinski definition) is 5. The molecule has 0 aliphatic rings. The average Bonchev–Trinajstić information content (AvgIpc) is 2.99. The molecule has 0 unspecified atom stereocenters. The summed E-state index contributed by atoms with van der Waals surface area (Å²) in [7, 11) is 1.54. The smallest absolute Gasteiger partial charge is 0.342 e. The summed E-state index contributed by atoms with van der Waals surface area (Å²) in [5, 5.41) is 4.50. The van der Waals surface area contributed by atoms with Gasteiger partial charge in [0.05, 0.1) is 25.0 Å². The molecular formula is C23H24N2O4.